The molecule has 0 fully saturated rings. The van der Waals surface area contributed by atoms with Gasteiger partial charge in [-0.3, -0.25) is 0 Å². The Morgan fingerprint density at radius 2 is 0.616 bits per heavy atom. The number of hydrogen-bond donors (Lipinski definition) is 0. The summed E-state index contributed by atoms with van der Waals surface area (Å²) in [6.07, 6.45) is 0. The van der Waals surface area contributed by atoms with Gasteiger partial charge < -0.3 is 4.90 Å². The van der Waals surface area contributed by atoms with E-state index in [-0.39, 0.29) is 0 Å². The summed E-state index contributed by atoms with van der Waals surface area (Å²) >= 11 is 0. The van der Waals surface area contributed by atoms with E-state index in [2.05, 4.69) is 302 Å². The van der Waals surface area contributed by atoms with Crippen LogP contribution in [0.5, 0.6) is 0 Å². The largest absolute Gasteiger partial charge is 0.310 e. The summed E-state index contributed by atoms with van der Waals surface area (Å²) in [6.45, 7) is 0. The Bertz CT molecular complexity index is 3910. The number of fused-ring (bicyclic) bond motifs is 7. The zero-order valence-electron chi connectivity index (χ0n) is 40.2. The highest BCUT2D eigenvalue weighted by molar-refractivity contribution is 5.97. The van der Waals surface area contributed by atoms with E-state index >= 15 is 0 Å². The summed E-state index contributed by atoms with van der Waals surface area (Å²) in [6, 6.07) is 110. The van der Waals surface area contributed by atoms with Gasteiger partial charge in [0.1, 0.15) is 0 Å². The molecule has 1 nitrogen and oxygen atoms in total. The van der Waals surface area contributed by atoms with Crippen LogP contribution in [-0.2, 0) is 10.8 Å². The monoisotopic (exact) mass is 927 g/mol. The summed E-state index contributed by atoms with van der Waals surface area (Å²) in [5.74, 6) is 0. The lowest BCUT2D eigenvalue weighted by molar-refractivity contribution is 0.768. The van der Waals surface area contributed by atoms with Gasteiger partial charge in [0.15, 0.2) is 0 Å². The molecule has 1 heteroatoms. The fourth-order valence-corrected chi connectivity index (χ4v) is 12.7. The van der Waals surface area contributed by atoms with Gasteiger partial charge in [0, 0.05) is 17.1 Å². The van der Waals surface area contributed by atoms with Crippen molar-refractivity contribution in [2.75, 3.05) is 4.90 Å². The number of hydrogen-bond acceptors (Lipinski definition) is 1. The van der Waals surface area contributed by atoms with Crippen LogP contribution in [0.1, 0.15) is 44.5 Å². The van der Waals surface area contributed by atoms with Crippen molar-refractivity contribution in [2.24, 2.45) is 0 Å². The Morgan fingerprint density at radius 3 is 1.19 bits per heavy atom. The number of benzene rings is 12. The van der Waals surface area contributed by atoms with Crippen molar-refractivity contribution in [3.8, 4) is 44.5 Å². The summed E-state index contributed by atoms with van der Waals surface area (Å²) in [7, 11) is 0. The quantitative estimate of drug-likeness (QED) is 0.139. The van der Waals surface area contributed by atoms with Gasteiger partial charge in [-0.15, -0.1) is 0 Å². The minimum absolute atomic E-state index is 0.468. The standard InChI is InChI=1S/C72H49N/c1-5-22-54(23-6-1)71(55-24-7-2-8-25-55)68-35-18-16-32-64(68)66-49-60(45-47-69(66)71)73(59-43-38-52(39-44-59)62-33-19-21-51-20-13-14-30-61(51)62)58-41-36-50(37-42-58)53-40-46-65-63-31-15-17-34-67(63)72(70(65)48-53,56-26-9-3-10-27-56)57-28-11-4-12-29-57/h1-49H. The first kappa shape index (κ1) is 42.6. The van der Waals surface area contributed by atoms with E-state index in [0.717, 1.165) is 17.1 Å². The molecule has 0 amide bonds. The molecule has 0 atom stereocenters. The van der Waals surface area contributed by atoms with Crippen molar-refractivity contribution in [2.45, 2.75) is 10.8 Å². The van der Waals surface area contributed by atoms with Crippen LogP contribution in [0.3, 0.4) is 0 Å². The van der Waals surface area contributed by atoms with Gasteiger partial charge in [-0.05, 0) is 142 Å². The highest BCUT2D eigenvalue weighted by atomic mass is 15.1. The zero-order chi connectivity index (χ0) is 48.3. The van der Waals surface area contributed by atoms with Crippen LogP contribution in [0.2, 0.25) is 0 Å². The maximum absolute atomic E-state index is 2.46. The van der Waals surface area contributed by atoms with E-state index < -0.39 is 10.8 Å². The molecule has 0 aromatic heterocycles. The molecule has 2 aliphatic carbocycles. The Morgan fingerprint density at radius 1 is 0.219 bits per heavy atom. The van der Waals surface area contributed by atoms with Crippen LogP contribution in [0.25, 0.3) is 55.3 Å². The smallest absolute Gasteiger partial charge is 0.0713 e. The van der Waals surface area contributed by atoms with E-state index in [1.54, 1.807) is 0 Å². The lowest BCUT2D eigenvalue weighted by Gasteiger charge is -2.34. The Hall–Kier alpha value is -9.30. The second kappa shape index (κ2) is 17.2. The van der Waals surface area contributed by atoms with Crippen molar-refractivity contribution < 1.29 is 0 Å². The second-order valence-electron chi connectivity index (χ2n) is 19.5. The van der Waals surface area contributed by atoms with Gasteiger partial charge in [-0.25, -0.2) is 0 Å². The molecular weight excluding hydrogens is 879 g/mol. The SMILES string of the molecule is c1ccc(C2(c3ccccc3)c3ccccc3-c3cc(N(c4ccc(-c5ccc6c(c5)C(c5ccccc5)(c5ccccc5)c5ccccc5-6)cc4)c4ccc(-c5cccc6ccccc56)cc4)ccc32)cc1. The minimum atomic E-state index is -0.477. The zero-order valence-corrected chi connectivity index (χ0v) is 40.2. The van der Waals surface area contributed by atoms with Crippen LogP contribution in [0.4, 0.5) is 17.1 Å². The third-order valence-electron chi connectivity index (χ3n) is 15.8. The molecule has 73 heavy (non-hydrogen) atoms. The Labute approximate surface area is 427 Å². The van der Waals surface area contributed by atoms with Crippen molar-refractivity contribution in [1.29, 1.82) is 0 Å². The fourth-order valence-electron chi connectivity index (χ4n) is 12.7. The molecule has 14 rings (SSSR count). The third kappa shape index (κ3) is 6.56. The van der Waals surface area contributed by atoms with Crippen LogP contribution < -0.4 is 4.90 Å². The van der Waals surface area contributed by atoms with E-state index in [4.69, 9.17) is 0 Å². The Balaban J connectivity index is 0.924. The van der Waals surface area contributed by atoms with Crippen molar-refractivity contribution in [3.05, 3.63) is 342 Å². The first-order valence-corrected chi connectivity index (χ1v) is 25.4. The van der Waals surface area contributed by atoms with Crippen molar-refractivity contribution >= 4 is 27.8 Å². The molecule has 0 spiro atoms. The van der Waals surface area contributed by atoms with Crippen LogP contribution >= 0.6 is 0 Å². The highest BCUT2D eigenvalue weighted by Gasteiger charge is 2.47. The summed E-state index contributed by atoms with van der Waals surface area (Å²) in [4.78, 5) is 2.43. The lowest BCUT2D eigenvalue weighted by Crippen LogP contribution is -2.28. The molecule has 0 saturated heterocycles. The molecule has 342 valence electrons. The van der Waals surface area contributed by atoms with Gasteiger partial charge in [-0.1, -0.05) is 255 Å². The second-order valence-corrected chi connectivity index (χ2v) is 19.5. The summed E-state index contributed by atoms with van der Waals surface area (Å²) < 4.78 is 0. The van der Waals surface area contributed by atoms with Crippen LogP contribution in [-0.4, -0.2) is 0 Å². The first-order valence-electron chi connectivity index (χ1n) is 25.4. The van der Waals surface area contributed by atoms with Gasteiger partial charge >= 0.3 is 0 Å². The average Bonchev–Trinajstić information content (AvgIpc) is 3.95. The van der Waals surface area contributed by atoms with E-state index in [1.165, 1.54) is 99.8 Å². The average molecular weight is 928 g/mol. The molecule has 0 saturated carbocycles. The van der Waals surface area contributed by atoms with Crippen molar-refractivity contribution in [3.63, 3.8) is 0 Å². The molecule has 2 aliphatic rings. The molecule has 12 aromatic rings. The number of nitrogens with zero attached hydrogens (tertiary/aromatic N) is 1. The molecular formula is C72H49N. The normalized spacial score (nSPS) is 13.4. The molecule has 0 aliphatic heterocycles. The van der Waals surface area contributed by atoms with E-state index in [9.17, 15) is 0 Å². The van der Waals surface area contributed by atoms with Crippen LogP contribution in [0.15, 0.2) is 297 Å². The van der Waals surface area contributed by atoms with E-state index in [0.29, 0.717) is 0 Å². The first-order chi connectivity index (χ1) is 36.2. The summed E-state index contributed by atoms with van der Waals surface area (Å²) in [5, 5.41) is 2.49. The lowest BCUT2D eigenvalue weighted by atomic mass is 9.67. The molecule has 0 heterocycles. The highest BCUT2D eigenvalue weighted by Crippen LogP contribution is 2.59. The van der Waals surface area contributed by atoms with E-state index in [1.807, 2.05) is 0 Å². The van der Waals surface area contributed by atoms with Gasteiger partial charge in [0.25, 0.3) is 0 Å². The Kier molecular flexibility index (Phi) is 10.0. The van der Waals surface area contributed by atoms with Crippen LogP contribution in [0, 0.1) is 0 Å². The molecule has 0 N–H and O–H groups in total. The summed E-state index contributed by atoms with van der Waals surface area (Å²) in [5.41, 5.74) is 22.4. The van der Waals surface area contributed by atoms with Gasteiger partial charge in [0.2, 0.25) is 0 Å². The van der Waals surface area contributed by atoms with Crippen molar-refractivity contribution in [1.82, 2.24) is 0 Å². The maximum atomic E-state index is 2.46. The molecule has 12 aromatic carbocycles. The molecule has 0 bridgehead atoms. The maximum Gasteiger partial charge on any atom is 0.0713 e. The molecule has 0 radical (unpaired) electrons. The fraction of sp³-hybridized carbons (Fsp3) is 0.0278. The predicted molar refractivity (Wildman–Crippen MR) is 304 cm³/mol. The minimum Gasteiger partial charge on any atom is -0.310 e. The topological polar surface area (TPSA) is 3.24 Å². The predicted octanol–water partition coefficient (Wildman–Crippen LogP) is 18.4. The molecule has 0 unspecified atom stereocenters. The van der Waals surface area contributed by atoms with Gasteiger partial charge in [-0.2, -0.15) is 0 Å². The third-order valence-corrected chi connectivity index (χ3v) is 15.8. The number of rotatable bonds is 9. The van der Waals surface area contributed by atoms with Gasteiger partial charge in [0.05, 0.1) is 10.8 Å². The number of anilines is 3.